The summed E-state index contributed by atoms with van der Waals surface area (Å²) in [6, 6.07) is 9.15. The molecule has 11 heteroatoms. The van der Waals surface area contributed by atoms with Crippen LogP contribution < -0.4 is 10.5 Å². The number of hydrogen-bond acceptors (Lipinski definition) is 7. The topological polar surface area (TPSA) is 107 Å². The summed E-state index contributed by atoms with van der Waals surface area (Å²) >= 11 is 0. The number of fused-ring (bicyclic) bond motifs is 2. The monoisotopic (exact) mass is 630 g/mol. The Morgan fingerprint density at radius 1 is 0.978 bits per heavy atom. The lowest BCUT2D eigenvalue weighted by atomic mass is 9.87. The zero-order valence-electron chi connectivity index (χ0n) is 26.1. The van der Waals surface area contributed by atoms with E-state index in [1.807, 2.05) is 6.92 Å². The van der Waals surface area contributed by atoms with E-state index in [1.54, 1.807) is 16.7 Å². The van der Waals surface area contributed by atoms with Crippen molar-refractivity contribution in [1.29, 1.82) is 0 Å². The Balaban J connectivity index is 0.979. The first-order chi connectivity index (χ1) is 22.3. The number of piperidine rings is 2. The predicted octanol–water partition coefficient (Wildman–Crippen LogP) is 5.05. The van der Waals surface area contributed by atoms with Crippen LogP contribution in [0.5, 0.6) is 0 Å². The quantitative estimate of drug-likeness (QED) is 0.275. The van der Waals surface area contributed by atoms with Gasteiger partial charge in [-0.05, 0) is 95.3 Å². The molecule has 3 aliphatic rings. The first kappa shape index (κ1) is 30.7. The second-order valence-electron chi connectivity index (χ2n) is 13.1. The Morgan fingerprint density at radius 2 is 1.72 bits per heavy atom. The van der Waals surface area contributed by atoms with Gasteiger partial charge in [0.1, 0.15) is 23.6 Å². The van der Waals surface area contributed by atoms with Gasteiger partial charge in [0, 0.05) is 72.0 Å². The van der Waals surface area contributed by atoms with Gasteiger partial charge < -0.3 is 14.9 Å². The highest BCUT2D eigenvalue weighted by molar-refractivity contribution is 6.03. The number of likely N-dealkylation sites (tertiary alicyclic amines) is 1. The molecule has 3 aliphatic heterocycles. The molecule has 46 heavy (non-hydrogen) atoms. The van der Waals surface area contributed by atoms with Crippen molar-refractivity contribution in [3.05, 3.63) is 86.7 Å². The summed E-state index contributed by atoms with van der Waals surface area (Å²) in [5, 5.41) is 18.6. The van der Waals surface area contributed by atoms with E-state index in [2.05, 4.69) is 25.0 Å². The van der Waals surface area contributed by atoms with Crippen LogP contribution in [-0.2, 0) is 13.0 Å². The number of carbonyl (C=O) groups is 1. The Labute approximate surface area is 266 Å². The minimum absolute atomic E-state index is 0.0486. The molecule has 2 aromatic heterocycles. The molecule has 0 bridgehead atoms. The third-order valence-electron chi connectivity index (χ3n) is 10.3. The largest absolute Gasteiger partial charge is 0.385 e. The van der Waals surface area contributed by atoms with Crippen LogP contribution in [0.2, 0.25) is 0 Å². The fourth-order valence-corrected chi connectivity index (χ4v) is 7.66. The van der Waals surface area contributed by atoms with Crippen LogP contribution in [0.1, 0.15) is 83.7 Å². The van der Waals surface area contributed by atoms with Gasteiger partial charge in [-0.1, -0.05) is 0 Å². The highest BCUT2D eigenvalue weighted by Crippen LogP contribution is 2.36. The fourth-order valence-electron chi connectivity index (χ4n) is 7.66. The first-order valence-corrected chi connectivity index (χ1v) is 16.5. The van der Waals surface area contributed by atoms with E-state index in [0.717, 1.165) is 43.4 Å². The van der Waals surface area contributed by atoms with Crippen LogP contribution in [0, 0.1) is 24.5 Å². The van der Waals surface area contributed by atoms with Crippen molar-refractivity contribution in [1.82, 2.24) is 24.6 Å². The molecule has 2 saturated heterocycles. The molecule has 9 nitrogen and oxygen atoms in total. The summed E-state index contributed by atoms with van der Waals surface area (Å²) in [7, 11) is 0. The molecule has 2 aromatic carbocycles. The predicted molar refractivity (Wildman–Crippen MR) is 171 cm³/mol. The molecule has 4 aromatic rings. The minimum atomic E-state index is -0.685. The second kappa shape index (κ2) is 12.7. The number of aliphatic hydroxyl groups excluding tert-OH is 1. The van der Waals surface area contributed by atoms with E-state index >= 15 is 0 Å². The molecule has 0 radical (unpaired) electrons. The number of anilines is 1. The minimum Gasteiger partial charge on any atom is -0.385 e. The van der Waals surface area contributed by atoms with Crippen LogP contribution in [0.15, 0.2) is 41.2 Å². The maximum Gasteiger partial charge on any atom is 0.257 e. The smallest absolute Gasteiger partial charge is 0.257 e. The first-order valence-electron chi connectivity index (χ1n) is 16.5. The normalized spacial score (nSPS) is 19.9. The van der Waals surface area contributed by atoms with Crippen molar-refractivity contribution < 1.29 is 18.7 Å². The molecule has 2 N–H and O–H groups in total. The molecule has 0 saturated carbocycles. The number of aromatic amines is 1. The highest BCUT2D eigenvalue weighted by atomic mass is 19.1. The summed E-state index contributed by atoms with van der Waals surface area (Å²) in [5.41, 5.74) is 4.18. The number of nitrogens with zero attached hydrogens (tertiary/aromatic N) is 5. The molecule has 7 rings (SSSR count). The Morgan fingerprint density at radius 3 is 2.50 bits per heavy atom. The van der Waals surface area contributed by atoms with Gasteiger partial charge in [0.25, 0.3) is 5.56 Å². The lowest BCUT2D eigenvalue weighted by Crippen LogP contribution is -2.40. The molecule has 0 amide bonds. The van der Waals surface area contributed by atoms with Crippen molar-refractivity contribution in [2.45, 2.75) is 70.4 Å². The van der Waals surface area contributed by atoms with Gasteiger partial charge in [-0.15, -0.1) is 0 Å². The number of aliphatic hydroxyl groups is 1. The number of H-pyrrole nitrogens is 1. The zero-order chi connectivity index (χ0) is 31.9. The van der Waals surface area contributed by atoms with E-state index in [4.69, 9.17) is 0 Å². The van der Waals surface area contributed by atoms with E-state index in [0.29, 0.717) is 85.7 Å². The van der Waals surface area contributed by atoms with Crippen LogP contribution in [0.4, 0.5) is 14.5 Å². The van der Waals surface area contributed by atoms with Crippen LogP contribution >= 0.6 is 0 Å². The molecular formula is C35H40F2N6O3. The van der Waals surface area contributed by atoms with Crippen LogP contribution in [0.25, 0.3) is 10.9 Å². The van der Waals surface area contributed by atoms with E-state index < -0.39 is 6.10 Å². The molecule has 5 heterocycles. The molecular weight excluding hydrogens is 590 g/mol. The van der Waals surface area contributed by atoms with Gasteiger partial charge in [0.05, 0.1) is 11.2 Å². The average Bonchev–Trinajstić information content (AvgIpc) is 3.48. The van der Waals surface area contributed by atoms with Crippen molar-refractivity contribution in [3.8, 4) is 0 Å². The van der Waals surface area contributed by atoms with Crippen LogP contribution in [-0.4, -0.2) is 68.3 Å². The number of hydrogen-bond donors (Lipinski definition) is 2. The maximum absolute atomic E-state index is 14.5. The molecule has 0 aliphatic carbocycles. The third-order valence-corrected chi connectivity index (χ3v) is 10.3. The standard InChI is InChI=1S/C35H40F2N6O3/c1-21-26(35(46)43-13-2-3-31(44)34(43)38-21)12-16-41-14-8-23(9-15-41)33(45)28-7-5-25(37)20-30(28)42-17-10-22(11-18-42)32-27-6-4-24(36)19-29(27)39-40-32/h4-7,19-20,22-23,31,44H,2-3,8-18H2,1H3,(H,39,40). The van der Waals surface area contributed by atoms with Gasteiger partial charge in [0.15, 0.2) is 5.78 Å². The molecule has 1 unspecified atom stereocenters. The number of Topliss-reactive ketones (excluding diaryl/α,β-unsaturated/α-hetero) is 1. The summed E-state index contributed by atoms with van der Waals surface area (Å²) in [5.74, 6) is -0.0641. The molecule has 1 atom stereocenters. The third kappa shape index (κ3) is 5.86. The Hall–Kier alpha value is -3.96. The van der Waals surface area contributed by atoms with Crippen molar-refractivity contribution in [2.75, 3.05) is 37.6 Å². The number of rotatable bonds is 7. The number of carbonyl (C=O) groups excluding carboxylic acids is 1. The second-order valence-corrected chi connectivity index (χ2v) is 13.1. The number of ketones is 1. The van der Waals surface area contributed by atoms with Gasteiger partial charge in [-0.3, -0.25) is 19.3 Å². The molecule has 242 valence electrons. The Kier molecular flexibility index (Phi) is 8.46. The molecule has 0 spiro atoms. The highest BCUT2D eigenvalue weighted by Gasteiger charge is 2.31. The number of aromatic nitrogens is 4. The SMILES string of the molecule is Cc1nc2n(c(=O)c1CCN1CCC(C(=O)c3ccc(F)cc3N3CCC(c4[nH]nc5cc(F)ccc45)CC3)CC1)CCCC2O. The molecule has 2 fully saturated rings. The fraction of sp³-hybridized carbons (Fsp3) is 0.486. The Bertz CT molecular complexity index is 1820. The van der Waals surface area contributed by atoms with Crippen molar-refractivity contribution >= 4 is 22.4 Å². The van der Waals surface area contributed by atoms with Crippen molar-refractivity contribution in [2.24, 2.45) is 5.92 Å². The number of benzene rings is 2. The van der Waals surface area contributed by atoms with Gasteiger partial charge in [0.2, 0.25) is 0 Å². The lowest BCUT2D eigenvalue weighted by Gasteiger charge is -2.35. The summed E-state index contributed by atoms with van der Waals surface area (Å²) in [6.07, 6.45) is 4.31. The lowest BCUT2D eigenvalue weighted by molar-refractivity contribution is 0.0841. The number of halogens is 2. The van der Waals surface area contributed by atoms with Gasteiger partial charge >= 0.3 is 0 Å². The van der Waals surface area contributed by atoms with E-state index in [9.17, 15) is 23.5 Å². The van der Waals surface area contributed by atoms with Crippen molar-refractivity contribution in [3.63, 3.8) is 0 Å². The maximum atomic E-state index is 14.5. The summed E-state index contributed by atoms with van der Waals surface area (Å²) in [4.78, 5) is 36.0. The van der Waals surface area contributed by atoms with Gasteiger partial charge in [-0.2, -0.15) is 5.10 Å². The van der Waals surface area contributed by atoms with Gasteiger partial charge in [-0.25, -0.2) is 13.8 Å². The number of nitrogens with one attached hydrogen (secondary N) is 1. The zero-order valence-corrected chi connectivity index (χ0v) is 26.1. The summed E-state index contributed by atoms with van der Waals surface area (Å²) in [6.45, 7) is 5.97. The van der Waals surface area contributed by atoms with E-state index in [1.165, 1.54) is 24.3 Å². The average molecular weight is 631 g/mol. The summed E-state index contributed by atoms with van der Waals surface area (Å²) < 4.78 is 29.8. The van der Waals surface area contributed by atoms with E-state index in [-0.39, 0.29) is 34.8 Å². The number of aryl methyl sites for hydroxylation is 1. The van der Waals surface area contributed by atoms with Crippen LogP contribution in [0.3, 0.4) is 0 Å².